The largest absolute Gasteiger partial charge is 0.508 e. The Kier molecular flexibility index (Phi) is 3.47. The number of hydrogen-bond donors (Lipinski definition) is 4. The Hall–Kier alpha value is -3.25. The number of nitrogens with one attached hydrogen (secondary N) is 1. The fraction of sp³-hybridized carbons (Fsp3) is 0. The number of hydrogen-bond acceptors (Lipinski definition) is 5. The molecule has 0 saturated heterocycles. The van der Waals surface area contributed by atoms with Crippen LogP contribution in [0.5, 0.6) is 17.2 Å². The Morgan fingerprint density at radius 3 is 2.24 bits per heavy atom. The topological polar surface area (TPSA) is 93.6 Å². The van der Waals surface area contributed by atoms with Crippen molar-refractivity contribution in [2.75, 3.05) is 0 Å². The van der Waals surface area contributed by atoms with Gasteiger partial charge >= 0.3 is 0 Å². The average molecular weight is 351 g/mol. The van der Waals surface area contributed by atoms with Crippen molar-refractivity contribution in [2.24, 2.45) is 0 Å². The lowest BCUT2D eigenvalue weighted by Gasteiger charge is -2.08. The Morgan fingerprint density at radius 1 is 0.880 bits per heavy atom. The zero-order valence-corrected chi connectivity index (χ0v) is 13.7. The molecule has 0 radical (unpaired) electrons. The maximum Gasteiger partial charge on any atom is 0.260 e. The maximum absolute atomic E-state index is 12.4. The number of aromatic hydroxyl groups is 3. The molecule has 0 aliphatic rings. The van der Waals surface area contributed by atoms with Gasteiger partial charge in [0.2, 0.25) is 0 Å². The highest BCUT2D eigenvalue weighted by atomic mass is 32.1. The van der Waals surface area contributed by atoms with Crippen LogP contribution >= 0.6 is 11.3 Å². The quantitative estimate of drug-likeness (QED) is 0.438. The van der Waals surface area contributed by atoms with E-state index in [1.165, 1.54) is 29.5 Å². The third-order valence-corrected chi connectivity index (χ3v) is 4.89. The van der Waals surface area contributed by atoms with Gasteiger partial charge in [-0.25, -0.2) is 0 Å². The van der Waals surface area contributed by atoms with Gasteiger partial charge in [-0.2, -0.15) is 0 Å². The average Bonchev–Trinajstić information content (AvgIpc) is 2.99. The summed E-state index contributed by atoms with van der Waals surface area (Å²) in [5.74, 6) is -0.285. The number of benzene rings is 2. The first-order chi connectivity index (χ1) is 12.0. The van der Waals surface area contributed by atoms with E-state index < -0.39 is 0 Å². The maximum atomic E-state index is 12.4. The van der Waals surface area contributed by atoms with Crippen molar-refractivity contribution in [1.29, 1.82) is 0 Å². The van der Waals surface area contributed by atoms with Crippen molar-refractivity contribution in [3.05, 3.63) is 64.3 Å². The highest BCUT2D eigenvalue weighted by molar-refractivity contribution is 7.17. The second-order valence-corrected chi connectivity index (χ2v) is 6.51. The normalized spacial score (nSPS) is 11.0. The lowest BCUT2D eigenvalue weighted by atomic mass is 10.0. The van der Waals surface area contributed by atoms with Gasteiger partial charge in [0, 0.05) is 17.0 Å². The summed E-state index contributed by atoms with van der Waals surface area (Å²) in [6.45, 7) is 0. The summed E-state index contributed by atoms with van der Waals surface area (Å²) in [6.07, 6.45) is 0. The third-order valence-electron chi connectivity index (χ3n) is 3.99. The second kappa shape index (κ2) is 5.68. The molecule has 0 saturated carbocycles. The summed E-state index contributed by atoms with van der Waals surface area (Å²) in [5, 5.41) is 32.5. The minimum atomic E-state index is -0.372. The lowest BCUT2D eigenvalue weighted by Crippen LogP contribution is -2.08. The van der Waals surface area contributed by atoms with Crippen LogP contribution in [0.25, 0.3) is 32.5 Å². The molecule has 5 nitrogen and oxygen atoms in total. The molecule has 0 amide bonds. The molecule has 0 unspecified atom stereocenters. The highest BCUT2D eigenvalue weighted by Gasteiger charge is 2.19. The van der Waals surface area contributed by atoms with Crippen LogP contribution in [0.3, 0.4) is 0 Å². The summed E-state index contributed by atoms with van der Waals surface area (Å²) in [7, 11) is 0. The van der Waals surface area contributed by atoms with Gasteiger partial charge in [0.15, 0.2) is 0 Å². The molecule has 25 heavy (non-hydrogen) atoms. The molecule has 0 aliphatic carbocycles. The first kappa shape index (κ1) is 15.3. The number of fused-ring (bicyclic) bond motifs is 1. The number of rotatable bonds is 2. The molecule has 4 rings (SSSR count). The molecule has 0 atom stereocenters. The zero-order valence-electron chi connectivity index (χ0n) is 12.9. The summed E-state index contributed by atoms with van der Waals surface area (Å²) < 4.78 is 0. The molecular formula is C19H13NO4S. The van der Waals surface area contributed by atoms with Crippen LogP contribution in [0.15, 0.2) is 58.7 Å². The van der Waals surface area contributed by atoms with Crippen molar-refractivity contribution >= 4 is 21.6 Å². The van der Waals surface area contributed by atoms with E-state index in [-0.39, 0.29) is 28.4 Å². The second-order valence-electron chi connectivity index (χ2n) is 5.64. The monoisotopic (exact) mass is 351 g/mol. The fourth-order valence-corrected chi connectivity index (χ4v) is 3.88. The standard InChI is InChI=1S/C19H13NO4S/c21-12-6-11(7-13(22)8-12)14-9-25-19-16(14)17(23)15(18(24)20-19)10-4-2-1-3-5-10/h1-9,21-22H,(H2,20,23,24). The molecular weight excluding hydrogens is 338 g/mol. The van der Waals surface area contributed by atoms with E-state index in [0.717, 1.165) is 0 Å². The van der Waals surface area contributed by atoms with E-state index in [2.05, 4.69) is 4.98 Å². The van der Waals surface area contributed by atoms with Crippen LogP contribution in [-0.4, -0.2) is 20.3 Å². The molecule has 4 N–H and O–H groups in total. The van der Waals surface area contributed by atoms with Gasteiger partial charge in [-0.1, -0.05) is 30.3 Å². The minimum absolute atomic E-state index is 0.0819. The summed E-state index contributed by atoms with van der Waals surface area (Å²) in [4.78, 5) is 15.7. The molecule has 2 heterocycles. The van der Waals surface area contributed by atoms with Gasteiger partial charge in [0.1, 0.15) is 22.1 Å². The van der Waals surface area contributed by atoms with Crippen LogP contribution in [0.1, 0.15) is 0 Å². The van der Waals surface area contributed by atoms with Crippen molar-refractivity contribution < 1.29 is 15.3 Å². The van der Waals surface area contributed by atoms with Crippen LogP contribution < -0.4 is 5.56 Å². The number of aromatic amines is 1. The smallest absolute Gasteiger partial charge is 0.260 e. The van der Waals surface area contributed by atoms with E-state index in [1.54, 1.807) is 29.6 Å². The number of H-pyrrole nitrogens is 1. The van der Waals surface area contributed by atoms with Gasteiger partial charge in [-0.3, -0.25) is 4.79 Å². The van der Waals surface area contributed by atoms with Crippen LogP contribution in [-0.2, 0) is 0 Å². The van der Waals surface area contributed by atoms with Gasteiger partial charge in [-0.05, 0) is 23.3 Å². The van der Waals surface area contributed by atoms with Crippen molar-refractivity contribution in [2.45, 2.75) is 0 Å². The lowest BCUT2D eigenvalue weighted by molar-refractivity contribution is 0.451. The van der Waals surface area contributed by atoms with Crippen molar-refractivity contribution in [3.63, 3.8) is 0 Å². The molecule has 124 valence electrons. The molecule has 0 bridgehead atoms. The van der Waals surface area contributed by atoms with Crippen molar-refractivity contribution in [1.82, 2.24) is 4.98 Å². The van der Waals surface area contributed by atoms with E-state index in [1.807, 2.05) is 6.07 Å². The van der Waals surface area contributed by atoms with E-state index >= 15 is 0 Å². The molecule has 2 aromatic carbocycles. The van der Waals surface area contributed by atoms with Gasteiger partial charge in [0.05, 0.1) is 10.9 Å². The number of aromatic nitrogens is 1. The highest BCUT2D eigenvalue weighted by Crippen LogP contribution is 2.42. The van der Waals surface area contributed by atoms with E-state index in [0.29, 0.717) is 26.9 Å². The van der Waals surface area contributed by atoms with Crippen LogP contribution in [0.2, 0.25) is 0 Å². The van der Waals surface area contributed by atoms with Crippen LogP contribution in [0, 0.1) is 0 Å². The summed E-state index contributed by atoms with van der Waals surface area (Å²) in [5.41, 5.74) is 1.60. The SMILES string of the molecule is O=c1[nH]c2scc(-c3cc(O)cc(O)c3)c2c(O)c1-c1ccccc1. The Balaban J connectivity index is 2.05. The Bertz CT molecular complexity index is 1130. The summed E-state index contributed by atoms with van der Waals surface area (Å²) in [6, 6.07) is 13.1. The zero-order chi connectivity index (χ0) is 17.6. The minimum Gasteiger partial charge on any atom is -0.508 e. The molecule has 4 aromatic rings. The van der Waals surface area contributed by atoms with Gasteiger partial charge < -0.3 is 20.3 Å². The first-order valence-electron chi connectivity index (χ1n) is 7.50. The van der Waals surface area contributed by atoms with Crippen LogP contribution in [0.4, 0.5) is 0 Å². The number of phenols is 2. The number of pyridine rings is 1. The molecule has 6 heteroatoms. The van der Waals surface area contributed by atoms with E-state index in [4.69, 9.17) is 0 Å². The third kappa shape index (κ3) is 2.53. The van der Waals surface area contributed by atoms with Crippen molar-refractivity contribution in [3.8, 4) is 39.5 Å². The summed E-state index contributed by atoms with van der Waals surface area (Å²) >= 11 is 1.27. The predicted octanol–water partition coefficient (Wildman–Crippen LogP) is 4.04. The fourth-order valence-electron chi connectivity index (χ4n) is 2.92. The molecule has 0 spiro atoms. The Labute approximate surface area is 146 Å². The van der Waals surface area contributed by atoms with Gasteiger partial charge in [0.25, 0.3) is 5.56 Å². The number of thiophene rings is 1. The number of phenolic OH excluding ortho intramolecular Hbond substituents is 2. The Morgan fingerprint density at radius 2 is 1.56 bits per heavy atom. The first-order valence-corrected chi connectivity index (χ1v) is 8.38. The van der Waals surface area contributed by atoms with E-state index in [9.17, 15) is 20.1 Å². The molecule has 0 aliphatic heterocycles. The van der Waals surface area contributed by atoms with Gasteiger partial charge in [-0.15, -0.1) is 11.3 Å². The predicted molar refractivity (Wildman–Crippen MR) is 98.3 cm³/mol. The molecule has 0 fully saturated rings. The molecule has 2 aromatic heterocycles.